The Bertz CT molecular complexity index is 479. The minimum atomic E-state index is -0.338. The first-order valence-electron chi connectivity index (χ1n) is 6.93. The van der Waals surface area contributed by atoms with Gasteiger partial charge in [0, 0.05) is 25.2 Å². The molecule has 0 aliphatic carbocycles. The third-order valence-electron chi connectivity index (χ3n) is 3.78. The van der Waals surface area contributed by atoms with Crippen LogP contribution in [0.15, 0.2) is 22.7 Å². The van der Waals surface area contributed by atoms with Crippen LogP contribution in [0.2, 0.25) is 0 Å². The molecule has 2 rings (SSSR count). The molecule has 1 unspecified atom stereocenters. The van der Waals surface area contributed by atoms with Crippen LogP contribution in [0.25, 0.3) is 0 Å². The Hall–Kier alpha value is -0.980. The molecular formula is C14H20BrN3O2. The number of nitro groups is 1. The zero-order valence-electron chi connectivity index (χ0n) is 11.6. The maximum Gasteiger partial charge on any atom is 0.283 e. The van der Waals surface area contributed by atoms with Gasteiger partial charge in [-0.05, 0) is 54.0 Å². The minimum absolute atomic E-state index is 0.143. The molecule has 0 saturated carbocycles. The molecule has 0 bridgehead atoms. The van der Waals surface area contributed by atoms with Gasteiger partial charge in [0.1, 0.15) is 0 Å². The van der Waals surface area contributed by atoms with Crippen LogP contribution < -0.4 is 5.32 Å². The molecule has 6 heteroatoms. The van der Waals surface area contributed by atoms with E-state index in [9.17, 15) is 10.1 Å². The van der Waals surface area contributed by atoms with Crippen molar-refractivity contribution >= 4 is 21.6 Å². The first-order valence-corrected chi connectivity index (χ1v) is 7.72. The summed E-state index contributed by atoms with van der Waals surface area (Å²) < 4.78 is 0.539. The van der Waals surface area contributed by atoms with Crippen LogP contribution in [0, 0.1) is 10.1 Å². The Kier molecular flexibility index (Phi) is 5.51. The van der Waals surface area contributed by atoms with Gasteiger partial charge in [-0.1, -0.05) is 12.5 Å². The number of nitrogens with zero attached hydrogens (tertiary/aromatic N) is 2. The Morgan fingerprint density at radius 1 is 1.50 bits per heavy atom. The maximum atomic E-state index is 11.0. The normalized spacial score (nSPS) is 20.0. The number of hydrogen-bond donors (Lipinski definition) is 1. The molecule has 0 radical (unpaired) electrons. The monoisotopic (exact) mass is 341 g/mol. The highest BCUT2D eigenvalue weighted by atomic mass is 79.9. The predicted octanol–water partition coefficient (Wildman–Crippen LogP) is 2.93. The Morgan fingerprint density at radius 3 is 3.00 bits per heavy atom. The van der Waals surface area contributed by atoms with Crippen LogP contribution in [0.5, 0.6) is 0 Å². The number of halogens is 1. The minimum Gasteiger partial charge on any atom is -0.318 e. The highest BCUT2D eigenvalue weighted by Crippen LogP contribution is 2.27. The average Bonchev–Trinajstić information content (AvgIpc) is 2.43. The largest absolute Gasteiger partial charge is 0.318 e. The molecule has 1 N–H and O–H groups in total. The Morgan fingerprint density at radius 2 is 2.30 bits per heavy atom. The van der Waals surface area contributed by atoms with Gasteiger partial charge < -0.3 is 5.32 Å². The van der Waals surface area contributed by atoms with Crippen molar-refractivity contribution in [2.75, 3.05) is 20.1 Å². The topological polar surface area (TPSA) is 58.4 Å². The second-order valence-electron chi connectivity index (χ2n) is 5.22. The summed E-state index contributed by atoms with van der Waals surface area (Å²) in [6, 6.07) is 5.93. The fourth-order valence-electron chi connectivity index (χ4n) is 2.77. The van der Waals surface area contributed by atoms with E-state index in [4.69, 9.17) is 0 Å². The van der Waals surface area contributed by atoms with Crippen molar-refractivity contribution in [1.29, 1.82) is 0 Å². The van der Waals surface area contributed by atoms with Crippen LogP contribution in [0.1, 0.15) is 24.8 Å². The number of benzene rings is 1. The quantitative estimate of drug-likeness (QED) is 0.660. The molecule has 1 fully saturated rings. The van der Waals surface area contributed by atoms with Crippen LogP contribution in [-0.2, 0) is 6.54 Å². The molecule has 1 atom stereocenters. The average molecular weight is 342 g/mol. The number of nitrogens with one attached hydrogen (secondary N) is 1. The maximum absolute atomic E-state index is 11.0. The summed E-state index contributed by atoms with van der Waals surface area (Å²) in [5.41, 5.74) is 1.15. The van der Waals surface area contributed by atoms with Crippen molar-refractivity contribution in [2.45, 2.75) is 31.8 Å². The van der Waals surface area contributed by atoms with Gasteiger partial charge in [-0.25, -0.2) is 0 Å². The van der Waals surface area contributed by atoms with Gasteiger partial charge in [-0.3, -0.25) is 15.0 Å². The number of piperidine rings is 1. The number of nitro benzene ring substituents is 1. The third-order valence-corrected chi connectivity index (χ3v) is 4.45. The Labute approximate surface area is 127 Å². The van der Waals surface area contributed by atoms with E-state index in [0.717, 1.165) is 25.2 Å². The second kappa shape index (κ2) is 7.15. The molecule has 1 aromatic carbocycles. The molecule has 1 heterocycles. The molecule has 110 valence electrons. The summed E-state index contributed by atoms with van der Waals surface area (Å²) in [7, 11) is 1.97. The highest BCUT2D eigenvalue weighted by molar-refractivity contribution is 9.10. The lowest BCUT2D eigenvalue weighted by Gasteiger charge is -2.35. The van der Waals surface area contributed by atoms with Crippen LogP contribution in [-0.4, -0.2) is 36.0 Å². The van der Waals surface area contributed by atoms with Crippen LogP contribution in [0.4, 0.5) is 5.69 Å². The zero-order valence-corrected chi connectivity index (χ0v) is 13.2. The Balaban J connectivity index is 2.11. The molecule has 1 aliphatic heterocycles. The molecule has 1 saturated heterocycles. The van der Waals surface area contributed by atoms with Crippen molar-refractivity contribution in [3.8, 4) is 0 Å². The van der Waals surface area contributed by atoms with E-state index in [1.54, 1.807) is 12.1 Å². The van der Waals surface area contributed by atoms with Crippen LogP contribution in [0.3, 0.4) is 0 Å². The van der Waals surface area contributed by atoms with Gasteiger partial charge in [0.05, 0.1) is 9.40 Å². The zero-order chi connectivity index (χ0) is 14.5. The number of likely N-dealkylation sites (N-methyl/N-ethyl adjacent to an activating group) is 1. The summed E-state index contributed by atoms with van der Waals surface area (Å²) in [6.45, 7) is 2.81. The molecule has 0 spiro atoms. The standard InChI is InChI=1S/C14H20BrN3O2/c1-16-9-12-4-2-3-7-17(12)10-11-5-6-13(15)14(8-11)18(19)20/h5-6,8,12,16H,2-4,7,9-10H2,1H3. The summed E-state index contributed by atoms with van der Waals surface area (Å²) >= 11 is 3.23. The van der Waals surface area contributed by atoms with Gasteiger partial charge in [-0.15, -0.1) is 0 Å². The van der Waals surface area contributed by atoms with Crippen molar-refractivity contribution in [1.82, 2.24) is 10.2 Å². The SMILES string of the molecule is CNCC1CCCCN1Cc1ccc(Br)c([N+](=O)[O-])c1. The first kappa shape index (κ1) is 15.4. The molecule has 0 amide bonds. The van der Waals surface area contributed by atoms with E-state index in [2.05, 4.69) is 26.1 Å². The van der Waals surface area contributed by atoms with E-state index in [0.29, 0.717) is 10.5 Å². The summed E-state index contributed by atoms with van der Waals surface area (Å²) in [5, 5.41) is 14.2. The van der Waals surface area contributed by atoms with Crippen molar-refractivity contribution in [3.05, 3.63) is 38.3 Å². The first-order chi connectivity index (χ1) is 9.61. The van der Waals surface area contributed by atoms with Gasteiger partial charge >= 0.3 is 0 Å². The number of hydrogen-bond acceptors (Lipinski definition) is 4. The van der Waals surface area contributed by atoms with Crippen LogP contribution >= 0.6 is 15.9 Å². The highest BCUT2D eigenvalue weighted by Gasteiger charge is 2.22. The van der Waals surface area contributed by atoms with E-state index >= 15 is 0 Å². The lowest BCUT2D eigenvalue weighted by atomic mass is 10.0. The van der Waals surface area contributed by atoms with Crippen molar-refractivity contribution < 1.29 is 4.92 Å². The summed E-state index contributed by atoms with van der Waals surface area (Å²) in [4.78, 5) is 13.1. The van der Waals surface area contributed by atoms with E-state index in [1.165, 1.54) is 19.3 Å². The molecule has 1 aromatic rings. The predicted molar refractivity (Wildman–Crippen MR) is 82.8 cm³/mol. The summed E-state index contributed by atoms with van der Waals surface area (Å²) in [6.07, 6.45) is 3.67. The third kappa shape index (κ3) is 3.77. The van der Waals surface area contributed by atoms with E-state index in [-0.39, 0.29) is 10.6 Å². The van der Waals surface area contributed by atoms with Crippen molar-refractivity contribution in [3.63, 3.8) is 0 Å². The molecular weight excluding hydrogens is 322 g/mol. The molecule has 5 nitrogen and oxygen atoms in total. The molecule has 20 heavy (non-hydrogen) atoms. The van der Waals surface area contributed by atoms with Gasteiger partial charge in [0.15, 0.2) is 0 Å². The summed E-state index contributed by atoms with van der Waals surface area (Å²) in [5.74, 6) is 0. The van der Waals surface area contributed by atoms with E-state index < -0.39 is 0 Å². The lowest BCUT2D eigenvalue weighted by Crippen LogP contribution is -2.44. The molecule has 1 aliphatic rings. The van der Waals surface area contributed by atoms with Gasteiger partial charge in [0.2, 0.25) is 0 Å². The van der Waals surface area contributed by atoms with E-state index in [1.807, 2.05) is 13.1 Å². The number of likely N-dealkylation sites (tertiary alicyclic amines) is 1. The lowest BCUT2D eigenvalue weighted by molar-refractivity contribution is -0.385. The van der Waals surface area contributed by atoms with Gasteiger partial charge in [0.25, 0.3) is 5.69 Å². The fraction of sp³-hybridized carbons (Fsp3) is 0.571. The second-order valence-corrected chi connectivity index (χ2v) is 6.07. The molecule has 0 aromatic heterocycles. The number of rotatable bonds is 5. The van der Waals surface area contributed by atoms with Crippen molar-refractivity contribution in [2.24, 2.45) is 0 Å². The smallest absolute Gasteiger partial charge is 0.283 e. The van der Waals surface area contributed by atoms with Gasteiger partial charge in [-0.2, -0.15) is 0 Å². The fourth-order valence-corrected chi connectivity index (χ4v) is 3.16.